The van der Waals surface area contributed by atoms with E-state index in [1.807, 2.05) is 0 Å². The predicted molar refractivity (Wildman–Crippen MR) is 76.8 cm³/mol. The fourth-order valence-corrected chi connectivity index (χ4v) is 2.81. The fraction of sp³-hybridized carbons (Fsp3) is 0.588. The molecule has 1 aliphatic rings. The summed E-state index contributed by atoms with van der Waals surface area (Å²) in [6.45, 7) is 4.18. The van der Waals surface area contributed by atoms with E-state index in [-0.39, 0.29) is 11.0 Å². The van der Waals surface area contributed by atoms with Crippen molar-refractivity contribution in [1.29, 1.82) is 5.26 Å². The van der Waals surface area contributed by atoms with Crippen molar-refractivity contribution in [2.45, 2.75) is 51.6 Å². The summed E-state index contributed by atoms with van der Waals surface area (Å²) in [6, 6.07) is 11.1. The third kappa shape index (κ3) is 3.16. The van der Waals surface area contributed by atoms with E-state index in [0.717, 1.165) is 32.1 Å². The summed E-state index contributed by atoms with van der Waals surface area (Å²) < 4.78 is 5.48. The first-order chi connectivity index (χ1) is 9.00. The number of methoxy groups -OCH3 is 1. The van der Waals surface area contributed by atoms with E-state index in [1.54, 1.807) is 7.11 Å². The van der Waals surface area contributed by atoms with E-state index in [2.05, 4.69) is 44.2 Å². The lowest BCUT2D eigenvalue weighted by Gasteiger charge is -2.35. The molecule has 2 rings (SSSR count). The quantitative estimate of drug-likeness (QED) is 0.819. The van der Waals surface area contributed by atoms with E-state index in [9.17, 15) is 5.26 Å². The Bertz CT molecular complexity index is 486. The molecule has 0 radical (unpaired) electrons. The highest BCUT2D eigenvalue weighted by Gasteiger charge is 2.35. The van der Waals surface area contributed by atoms with Crippen LogP contribution in [0.15, 0.2) is 24.3 Å². The van der Waals surface area contributed by atoms with Gasteiger partial charge in [0.15, 0.2) is 0 Å². The molecule has 0 aliphatic heterocycles. The summed E-state index contributed by atoms with van der Waals surface area (Å²) in [4.78, 5) is 0. The highest BCUT2D eigenvalue weighted by atomic mass is 16.5. The molecule has 0 N–H and O–H groups in total. The fourth-order valence-electron chi connectivity index (χ4n) is 2.81. The van der Waals surface area contributed by atoms with Crippen LogP contribution in [-0.2, 0) is 17.6 Å². The Labute approximate surface area is 116 Å². The Balaban J connectivity index is 2.12. The first-order valence-corrected chi connectivity index (χ1v) is 7.03. The lowest BCUT2D eigenvalue weighted by Crippen LogP contribution is -2.31. The Morgan fingerprint density at radius 1 is 1.32 bits per heavy atom. The Morgan fingerprint density at radius 3 is 2.63 bits per heavy atom. The molecule has 1 aliphatic carbocycles. The lowest BCUT2D eigenvalue weighted by molar-refractivity contribution is 0.00628. The zero-order chi connectivity index (χ0) is 13.9. The van der Waals surface area contributed by atoms with Crippen molar-refractivity contribution in [3.05, 3.63) is 35.4 Å². The van der Waals surface area contributed by atoms with Gasteiger partial charge in [-0.05, 0) is 57.1 Å². The third-order valence-corrected chi connectivity index (χ3v) is 4.52. The van der Waals surface area contributed by atoms with Crippen molar-refractivity contribution in [2.75, 3.05) is 7.11 Å². The molecular formula is C17H23NO. The van der Waals surface area contributed by atoms with Gasteiger partial charge in [0.05, 0.1) is 17.1 Å². The van der Waals surface area contributed by atoms with Crippen LogP contribution >= 0.6 is 0 Å². The number of hydrogen-bond acceptors (Lipinski definition) is 2. The van der Waals surface area contributed by atoms with Gasteiger partial charge in [-0.1, -0.05) is 24.3 Å². The van der Waals surface area contributed by atoms with Gasteiger partial charge in [-0.25, -0.2) is 0 Å². The van der Waals surface area contributed by atoms with Crippen molar-refractivity contribution in [1.82, 2.24) is 0 Å². The van der Waals surface area contributed by atoms with Crippen molar-refractivity contribution in [3.63, 3.8) is 0 Å². The van der Waals surface area contributed by atoms with Gasteiger partial charge in [0.25, 0.3) is 0 Å². The molecule has 102 valence electrons. The van der Waals surface area contributed by atoms with Crippen molar-refractivity contribution in [2.24, 2.45) is 5.41 Å². The van der Waals surface area contributed by atoms with Crippen LogP contribution in [0.2, 0.25) is 0 Å². The van der Waals surface area contributed by atoms with Crippen molar-refractivity contribution in [3.8, 4) is 6.07 Å². The van der Waals surface area contributed by atoms with Gasteiger partial charge >= 0.3 is 0 Å². The second kappa shape index (κ2) is 5.35. The molecule has 2 nitrogen and oxygen atoms in total. The summed E-state index contributed by atoms with van der Waals surface area (Å²) in [5.74, 6) is 0. The van der Waals surface area contributed by atoms with Crippen molar-refractivity contribution < 1.29 is 4.74 Å². The van der Waals surface area contributed by atoms with Crippen LogP contribution in [0.1, 0.15) is 44.2 Å². The van der Waals surface area contributed by atoms with E-state index in [1.165, 1.54) is 11.1 Å². The number of rotatable bonds is 4. The predicted octanol–water partition coefficient (Wildman–Crippen LogP) is 3.89. The molecule has 0 saturated heterocycles. The highest BCUT2D eigenvalue weighted by molar-refractivity contribution is 5.32. The number of hydrogen-bond donors (Lipinski definition) is 0. The van der Waals surface area contributed by atoms with Gasteiger partial charge in [0, 0.05) is 7.11 Å². The highest BCUT2D eigenvalue weighted by Crippen LogP contribution is 2.40. The normalized spacial score (nSPS) is 22.6. The van der Waals surface area contributed by atoms with Gasteiger partial charge < -0.3 is 4.74 Å². The molecule has 0 spiro atoms. The standard InChI is InChI=1S/C17H23NO/c1-16(2,19-3)10-11-17(13-18)9-8-14-6-4-5-7-15(14)12-17/h4-7H,8-12H2,1-3H3. The number of aryl methyl sites for hydroxylation is 1. The molecule has 0 aromatic heterocycles. The van der Waals surface area contributed by atoms with Gasteiger partial charge in [-0.2, -0.15) is 5.26 Å². The number of ether oxygens (including phenoxy) is 1. The van der Waals surface area contributed by atoms with Crippen LogP contribution in [0.4, 0.5) is 0 Å². The molecule has 0 fully saturated rings. The smallest absolute Gasteiger partial charge is 0.0693 e. The maximum atomic E-state index is 9.65. The maximum Gasteiger partial charge on any atom is 0.0693 e. The van der Waals surface area contributed by atoms with Gasteiger partial charge in [0.1, 0.15) is 0 Å². The lowest BCUT2D eigenvalue weighted by atomic mass is 9.69. The Hall–Kier alpha value is -1.33. The number of fused-ring (bicyclic) bond motifs is 1. The van der Waals surface area contributed by atoms with Crippen LogP contribution in [0.3, 0.4) is 0 Å². The minimum Gasteiger partial charge on any atom is -0.379 e. The van der Waals surface area contributed by atoms with Crippen LogP contribution in [0.25, 0.3) is 0 Å². The average molecular weight is 257 g/mol. The van der Waals surface area contributed by atoms with Crippen LogP contribution in [0.5, 0.6) is 0 Å². The molecule has 1 atom stereocenters. The topological polar surface area (TPSA) is 33.0 Å². The SMILES string of the molecule is COC(C)(C)CCC1(C#N)CCc2ccccc2C1. The zero-order valence-corrected chi connectivity index (χ0v) is 12.2. The summed E-state index contributed by atoms with van der Waals surface area (Å²) in [6.07, 6.45) is 4.73. The first kappa shape index (κ1) is 14.1. The van der Waals surface area contributed by atoms with E-state index in [4.69, 9.17) is 4.74 Å². The average Bonchev–Trinajstić information content (AvgIpc) is 2.45. The van der Waals surface area contributed by atoms with Crippen molar-refractivity contribution >= 4 is 0 Å². The van der Waals surface area contributed by atoms with E-state index < -0.39 is 0 Å². The summed E-state index contributed by atoms with van der Waals surface area (Å²) in [5.41, 5.74) is 2.43. The Morgan fingerprint density at radius 2 is 2.00 bits per heavy atom. The summed E-state index contributed by atoms with van der Waals surface area (Å²) in [7, 11) is 1.75. The molecule has 1 aromatic rings. The molecular weight excluding hydrogens is 234 g/mol. The molecule has 0 bridgehead atoms. The molecule has 0 amide bonds. The molecule has 0 heterocycles. The second-order valence-electron chi connectivity index (χ2n) is 6.30. The molecule has 0 saturated carbocycles. The van der Waals surface area contributed by atoms with Gasteiger partial charge in [-0.15, -0.1) is 0 Å². The zero-order valence-electron chi connectivity index (χ0n) is 12.2. The number of nitrogens with zero attached hydrogens (tertiary/aromatic N) is 1. The molecule has 1 aromatic carbocycles. The van der Waals surface area contributed by atoms with Crippen LogP contribution in [0, 0.1) is 16.7 Å². The molecule has 1 unspecified atom stereocenters. The monoisotopic (exact) mass is 257 g/mol. The van der Waals surface area contributed by atoms with E-state index in [0.29, 0.717) is 0 Å². The maximum absolute atomic E-state index is 9.65. The van der Waals surface area contributed by atoms with Gasteiger partial charge in [0.2, 0.25) is 0 Å². The summed E-state index contributed by atoms with van der Waals surface area (Å²) >= 11 is 0. The summed E-state index contributed by atoms with van der Waals surface area (Å²) in [5, 5.41) is 9.65. The third-order valence-electron chi connectivity index (χ3n) is 4.52. The largest absolute Gasteiger partial charge is 0.379 e. The molecule has 2 heteroatoms. The molecule has 19 heavy (non-hydrogen) atoms. The Kier molecular flexibility index (Phi) is 3.96. The number of benzene rings is 1. The van der Waals surface area contributed by atoms with Crippen LogP contribution < -0.4 is 0 Å². The number of nitriles is 1. The minimum absolute atomic E-state index is 0.138. The van der Waals surface area contributed by atoms with Crippen LogP contribution in [-0.4, -0.2) is 12.7 Å². The second-order valence-corrected chi connectivity index (χ2v) is 6.30. The van der Waals surface area contributed by atoms with Gasteiger partial charge in [-0.3, -0.25) is 0 Å². The minimum atomic E-state index is -0.204. The van der Waals surface area contributed by atoms with E-state index >= 15 is 0 Å². The first-order valence-electron chi connectivity index (χ1n) is 7.03.